The van der Waals surface area contributed by atoms with Crippen LogP contribution in [0.2, 0.25) is 0 Å². The van der Waals surface area contributed by atoms with Gasteiger partial charge in [0, 0.05) is 15.4 Å². The normalized spacial score (nSPS) is 10.7. The Hall–Kier alpha value is -2.05. The Morgan fingerprint density at radius 3 is 2.40 bits per heavy atom. The molecule has 6 heteroatoms. The van der Waals surface area contributed by atoms with Crippen molar-refractivity contribution in [2.75, 3.05) is 11.6 Å². The maximum atomic E-state index is 13.2. The Morgan fingerprint density at radius 2 is 1.80 bits per heavy atom. The summed E-state index contributed by atoms with van der Waals surface area (Å²) in [6.07, 6.45) is 0. The summed E-state index contributed by atoms with van der Waals surface area (Å²) >= 11 is 4.73. The Morgan fingerprint density at radius 1 is 1.16 bits per heavy atom. The minimum absolute atomic E-state index is 0.463. The van der Waals surface area contributed by atoms with Crippen LogP contribution in [0.1, 0.15) is 11.1 Å². The molecule has 1 aromatic heterocycles. The van der Waals surface area contributed by atoms with Crippen molar-refractivity contribution >= 4 is 44.0 Å². The average Bonchev–Trinajstić information content (AvgIpc) is 3.04. The average molecular weight is 419 g/mol. The summed E-state index contributed by atoms with van der Waals surface area (Å²) in [6, 6.07) is 13.5. The number of hydrogen-bond acceptors (Lipinski definition) is 3. The smallest absolute Gasteiger partial charge is 0.264 e. The molecule has 3 aromatic rings. The van der Waals surface area contributed by atoms with Crippen LogP contribution >= 0.6 is 27.3 Å². The van der Waals surface area contributed by atoms with Crippen molar-refractivity contribution in [1.82, 2.24) is 4.98 Å². The Kier molecular flexibility index (Phi) is 5.30. The van der Waals surface area contributed by atoms with Crippen molar-refractivity contribution in [3.8, 4) is 11.3 Å². The number of hydrogen-bond donors (Lipinski definition) is 0. The molecule has 1 amide bonds. The summed E-state index contributed by atoms with van der Waals surface area (Å²) < 4.78 is 14.1. The number of carbonyl (C=O) groups is 1. The number of rotatable bonds is 4. The Bertz CT molecular complexity index is 888. The zero-order valence-corrected chi connectivity index (χ0v) is 16.2. The molecule has 0 unspecified atom stereocenters. The molecule has 3 nitrogen and oxygen atoms in total. The highest BCUT2D eigenvalue weighted by Crippen LogP contribution is 2.33. The molecule has 3 rings (SSSR count). The van der Waals surface area contributed by atoms with E-state index in [0.717, 1.165) is 26.9 Å². The predicted octanol–water partition coefficient (Wildman–Crippen LogP) is 5.82. The van der Waals surface area contributed by atoms with Crippen LogP contribution in [0.4, 0.5) is 15.2 Å². The summed E-state index contributed by atoms with van der Waals surface area (Å²) in [5.74, 6) is -0.623. The van der Waals surface area contributed by atoms with Gasteiger partial charge in [-0.3, -0.25) is 9.69 Å². The van der Waals surface area contributed by atoms with Crippen LogP contribution in [0.5, 0.6) is 0 Å². The van der Waals surface area contributed by atoms with E-state index in [-0.39, 0.29) is 0 Å². The van der Waals surface area contributed by atoms with Crippen molar-refractivity contribution in [2.24, 2.45) is 0 Å². The molecule has 25 heavy (non-hydrogen) atoms. The van der Waals surface area contributed by atoms with E-state index in [2.05, 4.69) is 20.9 Å². The van der Waals surface area contributed by atoms with Gasteiger partial charge in [0.15, 0.2) is 11.8 Å². The molecule has 0 spiro atoms. The van der Waals surface area contributed by atoms with Gasteiger partial charge in [0.2, 0.25) is 0 Å². The molecule has 0 radical (unpaired) electrons. The van der Waals surface area contributed by atoms with Crippen LogP contribution in [0.3, 0.4) is 0 Å². The first-order chi connectivity index (χ1) is 12.0. The molecule has 0 saturated carbocycles. The summed E-state index contributed by atoms with van der Waals surface area (Å²) in [4.78, 5) is 18.1. The van der Waals surface area contributed by atoms with E-state index in [9.17, 15) is 9.18 Å². The van der Waals surface area contributed by atoms with E-state index in [1.165, 1.54) is 16.2 Å². The van der Waals surface area contributed by atoms with Gasteiger partial charge in [-0.2, -0.15) is 0 Å². The standard InChI is InChI=1S/C19H16BrFN2OS/c1-12-7-13(2)9-16(8-12)23(18(24)10-21)19-22-17(11-25-19)14-3-5-15(20)6-4-14/h3-9,11H,10H2,1-2H3. The van der Waals surface area contributed by atoms with Gasteiger partial charge in [-0.05, 0) is 49.2 Å². The molecular formula is C19H16BrFN2OS. The molecule has 128 valence electrons. The maximum absolute atomic E-state index is 13.2. The molecule has 0 aliphatic heterocycles. The summed E-state index contributed by atoms with van der Waals surface area (Å²) in [7, 11) is 0. The van der Waals surface area contributed by atoms with Gasteiger partial charge in [-0.15, -0.1) is 11.3 Å². The summed E-state index contributed by atoms with van der Waals surface area (Å²) in [5.41, 5.74) is 4.36. The number of amides is 1. The zero-order valence-electron chi connectivity index (χ0n) is 13.8. The Balaban J connectivity index is 2.03. The van der Waals surface area contributed by atoms with Crippen LogP contribution in [-0.2, 0) is 4.79 Å². The van der Waals surface area contributed by atoms with Gasteiger partial charge >= 0.3 is 0 Å². The van der Waals surface area contributed by atoms with Gasteiger partial charge in [0.25, 0.3) is 5.91 Å². The number of benzene rings is 2. The molecule has 0 N–H and O–H groups in total. The van der Waals surface area contributed by atoms with Gasteiger partial charge < -0.3 is 0 Å². The van der Waals surface area contributed by atoms with E-state index in [1.54, 1.807) is 0 Å². The zero-order chi connectivity index (χ0) is 18.0. The molecule has 0 bridgehead atoms. The van der Waals surface area contributed by atoms with E-state index in [0.29, 0.717) is 10.8 Å². The lowest BCUT2D eigenvalue weighted by atomic mass is 10.1. The third kappa shape index (κ3) is 3.96. The molecule has 0 fully saturated rings. The molecule has 0 saturated heterocycles. The lowest BCUT2D eigenvalue weighted by Crippen LogP contribution is -2.27. The number of aromatic nitrogens is 1. The van der Waals surface area contributed by atoms with Crippen molar-refractivity contribution < 1.29 is 9.18 Å². The van der Waals surface area contributed by atoms with Crippen LogP contribution in [0.25, 0.3) is 11.3 Å². The highest BCUT2D eigenvalue weighted by Gasteiger charge is 2.22. The predicted molar refractivity (Wildman–Crippen MR) is 104 cm³/mol. The van der Waals surface area contributed by atoms with Crippen LogP contribution in [-0.4, -0.2) is 17.6 Å². The lowest BCUT2D eigenvalue weighted by molar-refractivity contribution is -0.118. The van der Waals surface area contributed by atoms with E-state index >= 15 is 0 Å². The minimum Gasteiger partial charge on any atom is -0.271 e. The number of halogens is 2. The van der Waals surface area contributed by atoms with Gasteiger partial charge in [-0.25, -0.2) is 9.37 Å². The minimum atomic E-state index is -1.07. The van der Waals surface area contributed by atoms with Gasteiger partial charge in [-0.1, -0.05) is 34.1 Å². The summed E-state index contributed by atoms with van der Waals surface area (Å²) in [5, 5.41) is 2.34. The largest absolute Gasteiger partial charge is 0.271 e. The first-order valence-corrected chi connectivity index (χ1v) is 9.34. The van der Waals surface area contributed by atoms with Gasteiger partial charge in [0.05, 0.1) is 11.4 Å². The molecule has 0 atom stereocenters. The number of carbonyl (C=O) groups excluding carboxylic acids is 1. The number of nitrogens with zero attached hydrogens (tertiary/aromatic N) is 2. The molecule has 0 aliphatic carbocycles. The maximum Gasteiger partial charge on any atom is 0.264 e. The van der Waals surface area contributed by atoms with Crippen molar-refractivity contribution in [3.05, 3.63) is 63.4 Å². The SMILES string of the molecule is Cc1cc(C)cc(N(C(=O)CF)c2nc(-c3ccc(Br)cc3)cs2)c1. The number of alkyl halides is 1. The van der Waals surface area contributed by atoms with Crippen LogP contribution in [0.15, 0.2) is 52.3 Å². The second-order valence-electron chi connectivity index (χ2n) is 5.73. The highest BCUT2D eigenvalue weighted by molar-refractivity contribution is 9.10. The Labute approximate surface area is 158 Å². The quantitative estimate of drug-likeness (QED) is 0.534. The molecular weight excluding hydrogens is 403 g/mol. The van der Waals surface area contributed by atoms with Crippen LogP contribution < -0.4 is 4.90 Å². The monoisotopic (exact) mass is 418 g/mol. The third-order valence-corrected chi connectivity index (χ3v) is 5.01. The highest BCUT2D eigenvalue weighted by atomic mass is 79.9. The number of aryl methyl sites for hydroxylation is 2. The molecule has 2 aromatic carbocycles. The van der Waals surface area contributed by atoms with E-state index in [4.69, 9.17) is 0 Å². The first-order valence-electron chi connectivity index (χ1n) is 7.66. The molecule has 0 aliphatic rings. The van der Waals surface area contributed by atoms with E-state index in [1.807, 2.05) is 61.7 Å². The van der Waals surface area contributed by atoms with Gasteiger partial charge in [0.1, 0.15) is 0 Å². The van der Waals surface area contributed by atoms with Crippen molar-refractivity contribution in [3.63, 3.8) is 0 Å². The fourth-order valence-electron chi connectivity index (χ4n) is 2.62. The fourth-order valence-corrected chi connectivity index (χ4v) is 3.75. The molecule has 1 heterocycles. The topological polar surface area (TPSA) is 33.2 Å². The number of thiazole rings is 1. The number of anilines is 2. The second-order valence-corrected chi connectivity index (χ2v) is 7.48. The summed E-state index contributed by atoms with van der Waals surface area (Å²) in [6.45, 7) is 2.83. The second kappa shape index (κ2) is 7.45. The lowest BCUT2D eigenvalue weighted by Gasteiger charge is -2.19. The fraction of sp³-hybridized carbons (Fsp3) is 0.158. The first kappa shape index (κ1) is 17.8. The van der Waals surface area contributed by atoms with Crippen molar-refractivity contribution in [2.45, 2.75) is 13.8 Å². The third-order valence-electron chi connectivity index (χ3n) is 3.65. The van der Waals surface area contributed by atoms with E-state index < -0.39 is 12.6 Å². The van der Waals surface area contributed by atoms with Crippen molar-refractivity contribution in [1.29, 1.82) is 0 Å². The van der Waals surface area contributed by atoms with Crippen LogP contribution in [0, 0.1) is 13.8 Å².